The molecule has 0 aliphatic heterocycles. The van der Waals surface area contributed by atoms with Crippen LogP contribution in [0.25, 0.3) is 33.2 Å². The maximum absolute atomic E-state index is 2.55. The summed E-state index contributed by atoms with van der Waals surface area (Å²) in [7, 11) is -1.52. The molecule has 8 rings (SSSR count). The minimum Gasteiger partial charge on any atom is -0.0622 e. The van der Waals surface area contributed by atoms with Crippen LogP contribution in [0.1, 0.15) is 0 Å². The Morgan fingerprint density at radius 2 is 0.562 bits per heavy atom. The van der Waals surface area contributed by atoms with Crippen LogP contribution < -0.4 is 31.7 Å². The fourth-order valence-electron chi connectivity index (χ4n) is 6.58. The Morgan fingerprint density at radius 1 is 0.271 bits per heavy atom. The minimum absolute atomic E-state index is 0.762. The molecule has 0 radical (unpaired) electrons. The van der Waals surface area contributed by atoms with E-state index in [1.807, 2.05) is 0 Å². The van der Waals surface area contributed by atoms with Gasteiger partial charge >= 0.3 is 0 Å². The quantitative estimate of drug-likeness (QED) is 0.158. The van der Waals surface area contributed by atoms with Crippen molar-refractivity contribution >= 4 is 70.2 Å². The zero-order chi connectivity index (χ0) is 32.1. The van der Waals surface area contributed by atoms with Crippen LogP contribution in [0.3, 0.4) is 0 Å². The summed E-state index contributed by atoms with van der Waals surface area (Å²) < 4.78 is 0. The van der Waals surface area contributed by atoms with Crippen LogP contribution in [0.15, 0.2) is 194 Å². The molecule has 0 saturated carbocycles. The number of fused-ring (bicyclic) bond motifs is 2. The summed E-state index contributed by atoms with van der Waals surface area (Å²) in [5.74, 6) is 5.09. The Kier molecular flexibility index (Phi) is 8.77. The smallest absolute Gasteiger partial charge is 0.00199 e. The zero-order valence-corrected chi connectivity index (χ0v) is 28.3. The molecular formula is C46H34P2. The van der Waals surface area contributed by atoms with E-state index in [9.17, 15) is 0 Å². The summed E-state index contributed by atoms with van der Waals surface area (Å²) in [5.41, 5.74) is 0. The van der Waals surface area contributed by atoms with E-state index < -0.39 is 15.8 Å². The zero-order valence-electron chi connectivity index (χ0n) is 26.5. The first-order chi connectivity index (χ1) is 23.8. The third-order valence-electron chi connectivity index (χ3n) is 8.85. The maximum atomic E-state index is 2.55. The minimum atomic E-state index is -0.762. The Morgan fingerprint density at radius 3 is 0.896 bits per heavy atom. The van der Waals surface area contributed by atoms with E-state index in [-0.39, 0.29) is 0 Å². The van der Waals surface area contributed by atoms with E-state index in [0.717, 1.165) is 0 Å². The van der Waals surface area contributed by atoms with Crippen LogP contribution in [-0.2, 0) is 0 Å². The van der Waals surface area contributed by atoms with Crippen molar-refractivity contribution in [2.24, 2.45) is 0 Å². The summed E-state index contributed by atoms with van der Waals surface area (Å²) in [5, 5.41) is 15.6. The first-order valence-corrected chi connectivity index (χ1v) is 19.2. The molecule has 48 heavy (non-hydrogen) atoms. The molecule has 0 nitrogen and oxygen atoms in total. The van der Waals surface area contributed by atoms with Crippen LogP contribution in [0, 0.1) is 10.4 Å². The molecule has 0 aliphatic carbocycles. The Bertz CT molecular complexity index is 2290. The summed E-state index contributed by atoms with van der Waals surface area (Å²) in [6.07, 6.45) is 0. The second-order valence-electron chi connectivity index (χ2n) is 11.8. The van der Waals surface area contributed by atoms with Crippen molar-refractivity contribution in [2.75, 3.05) is 0 Å². The molecule has 0 amide bonds. The Labute approximate surface area is 284 Å². The van der Waals surface area contributed by atoms with Crippen LogP contribution in [0.5, 0.6) is 0 Å². The third kappa shape index (κ3) is 6.14. The third-order valence-corrected chi connectivity index (χ3v) is 13.3. The van der Waals surface area contributed by atoms with Gasteiger partial charge in [0.05, 0.1) is 0 Å². The number of benzene rings is 8. The van der Waals surface area contributed by atoms with E-state index in [0.29, 0.717) is 0 Å². The van der Waals surface area contributed by atoms with Crippen LogP contribution >= 0.6 is 15.8 Å². The molecule has 0 unspecified atom stereocenters. The molecule has 0 spiro atoms. The van der Waals surface area contributed by atoms with Crippen molar-refractivity contribution in [2.45, 2.75) is 0 Å². The van der Waals surface area contributed by atoms with E-state index in [1.54, 1.807) is 0 Å². The predicted molar refractivity (Wildman–Crippen MR) is 212 cm³/mol. The van der Waals surface area contributed by atoms with Gasteiger partial charge in [-0.2, -0.15) is 0 Å². The van der Waals surface area contributed by atoms with E-state index in [1.165, 1.54) is 63.6 Å². The molecule has 2 heteroatoms. The molecule has 0 bridgehead atoms. The van der Waals surface area contributed by atoms with Crippen LogP contribution in [0.2, 0.25) is 0 Å². The van der Waals surface area contributed by atoms with Crippen molar-refractivity contribution in [1.82, 2.24) is 0 Å². The fourth-order valence-corrected chi connectivity index (χ4v) is 10.7. The van der Waals surface area contributed by atoms with Gasteiger partial charge in [0.15, 0.2) is 0 Å². The summed E-state index contributed by atoms with van der Waals surface area (Å²) in [6, 6.07) is 71.0. The lowest BCUT2D eigenvalue weighted by Crippen LogP contribution is -2.16. The first-order valence-electron chi connectivity index (χ1n) is 16.4. The number of rotatable bonds is 6. The second-order valence-corrected chi connectivity index (χ2v) is 15.9. The van der Waals surface area contributed by atoms with Gasteiger partial charge in [0.1, 0.15) is 0 Å². The van der Waals surface area contributed by atoms with Crippen LogP contribution in [0.4, 0.5) is 0 Å². The standard InChI is InChI=1S/C46H34P2/c1-5-19-39(20-6-1)47(40-21-7-2-8-22-40)33-37-31-29-35-17-13-15-27-43(35)45(37)46-38(32-30-36-18-14-16-28-44(36)46)34-48(41-23-9-3-10-24-41)42-25-11-4-12-26-42/h1-34H. The second kappa shape index (κ2) is 13.9. The average molecular weight is 649 g/mol. The Balaban J connectivity index is 1.57. The lowest BCUT2D eigenvalue weighted by Gasteiger charge is -2.16. The van der Waals surface area contributed by atoms with Gasteiger partial charge in [0.25, 0.3) is 0 Å². The van der Waals surface area contributed by atoms with Gasteiger partial charge in [-0.05, 0) is 91.1 Å². The molecule has 0 heterocycles. The lowest BCUT2D eigenvalue weighted by molar-refractivity contribution is 1.48. The molecule has 228 valence electrons. The Hall–Kier alpha value is -5.12. The molecule has 0 aliphatic rings. The van der Waals surface area contributed by atoms with Gasteiger partial charge in [-0.1, -0.05) is 194 Å². The highest BCUT2D eigenvalue weighted by atomic mass is 31.1. The van der Waals surface area contributed by atoms with Gasteiger partial charge in [-0.15, -0.1) is 0 Å². The summed E-state index contributed by atoms with van der Waals surface area (Å²) in [4.78, 5) is 0. The van der Waals surface area contributed by atoms with Crippen molar-refractivity contribution in [3.63, 3.8) is 0 Å². The topological polar surface area (TPSA) is 0 Å². The molecule has 0 N–H and O–H groups in total. The highest BCUT2D eigenvalue weighted by molar-refractivity contribution is 7.80. The molecule has 8 aromatic rings. The average Bonchev–Trinajstić information content (AvgIpc) is 3.17. The van der Waals surface area contributed by atoms with Crippen molar-refractivity contribution in [3.8, 4) is 0 Å². The van der Waals surface area contributed by atoms with E-state index >= 15 is 0 Å². The predicted octanol–water partition coefficient (Wildman–Crippen LogP) is 9.02. The molecule has 8 aromatic carbocycles. The normalized spacial score (nSPS) is 13.1. The summed E-state index contributed by atoms with van der Waals surface area (Å²) >= 11 is 0. The lowest BCUT2D eigenvalue weighted by atomic mass is 10.00. The van der Waals surface area contributed by atoms with Gasteiger partial charge in [0, 0.05) is 0 Å². The largest absolute Gasteiger partial charge is 0.0622 e. The number of hydrogen-bond acceptors (Lipinski definition) is 0. The molecule has 0 atom stereocenters. The van der Waals surface area contributed by atoms with Crippen molar-refractivity contribution in [3.05, 3.63) is 215 Å². The van der Waals surface area contributed by atoms with E-state index in [4.69, 9.17) is 0 Å². The van der Waals surface area contributed by atoms with Gasteiger partial charge in [0.2, 0.25) is 0 Å². The van der Waals surface area contributed by atoms with Crippen molar-refractivity contribution in [1.29, 1.82) is 0 Å². The first kappa shape index (κ1) is 30.2. The van der Waals surface area contributed by atoms with Gasteiger partial charge < -0.3 is 0 Å². The number of hydrogen-bond donors (Lipinski definition) is 0. The SMILES string of the molecule is C(=c1ccc2ccccc2c1=c1c(=CP(c2ccccc2)c2ccccc2)ccc2ccccc12)P(c1ccccc1)c1ccccc1. The molecular weight excluding hydrogens is 614 g/mol. The van der Waals surface area contributed by atoms with Gasteiger partial charge in [-0.25, -0.2) is 0 Å². The molecule has 0 aromatic heterocycles. The highest BCUT2D eigenvalue weighted by Crippen LogP contribution is 2.37. The maximum Gasteiger partial charge on any atom is -0.00199 e. The van der Waals surface area contributed by atoms with E-state index in [2.05, 4.69) is 206 Å². The summed E-state index contributed by atoms with van der Waals surface area (Å²) in [6.45, 7) is 0. The fraction of sp³-hybridized carbons (Fsp3) is 0. The van der Waals surface area contributed by atoms with Crippen LogP contribution in [-0.4, -0.2) is 0 Å². The molecule has 0 saturated heterocycles. The van der Waals surface area contributed by atoms with Crippen molar-refractivity contribution < 1.29 is 0 Å². The van der Waals surface area contributed by atoms with Gasteiger partial charge in [-0.3, -0.25) is 0 Å². The molecule has 0 fully saturated rings. The highest BCUT2D eigenvalue weighted by Gasteiger charge is 2.13. The monoisotopic (exact) mass is 648 g/mol.